The third kappa shape index (κ3) is 4.43. The van der Waals surface area contributed by atoms with Gasteiger partial charge in [-0.25, -0.2) is 4.98 Å². The second-order valence-corrected chi connectivity index (χ2v) is 6.53. The molecule has 0 aliphatic rings. The van der Waals surface area contributed by atoms with Gasteiger partial charge in [-0.3, -0.25) is 0 Å². The monoisotopic (exact) mass is 370 g/mol. The molecule has 1 aromatic heterocycles. The highest BCUT2D eigenvalue weighted by Crippen LogP contribution is 2.37. The van der Waals surface area contributed by atoms with E-state index in [1.807, 2.05) is 17.5 Å². The predicted octanol–water partition coefficient (Wildman–Crippen LogP) is 3.77. The van der Waals surface area contributed by atoms with Crippen LogP contribution >= 0.6 is 27.3 Å². The summed E-state index contributed by atoms with van der Waals surface area (Å²) in [6.07, 6.45) is 3.53. The van der Waals surface area contributed by atoms with Crippen molar-refractivity contribution in [2.75, 3.05) is 7.11 Å². The van der Waals surface area contributed by atoms with Crippen LogP contribution < -0.4 is 15.2 Å². The van der Waals surface area contributed by atoms with Gasteiger partial charge in [0, 0.05) is 17.6 Å². The zero-order chi connectivity index (χ0) is 15.2. The summed E-state index contributed by atoms with van der Waals surface area (Å²) >= 11 is 5.12. The molecule has 0 radical (unpaired) electrons. The number of rotatable bonds is 7. The molecule has 0 spiro atoms. The molecule has 0 saturated carbocycles. The molecule has 1 aromatic carbocycles. The average Bonchev–Trinajstić information content (AvgIpc) is 2.98. The van der Waals surface area contributed by atoms with Crippen LogP contribution in [0.5, 0.6) is 11.5 Å². The third-order valence-electron chi connectivity index (χ3n) is 3.13. The minimum Gasteiger partial charge on any atom is -0.493 e. The summed E-state index contributed by atoms with van der Waals surface area (Å²) in [5.74, 6) is 1.40. The summed E-state index contributed by atoms with van der Waals surface area (Å²) in [5.41, 5.74) is 7.15. The molecule has 1 atom stereocenters. The SMILES string of the molecule is CCC(N)Cc1cc(Br)c(OCc2nccs2)c(OC)c1. The lowest BCUT2D eigenvalue weighted by Gasteiger charge is -2.15. The highest BCUT2D eigenvalue weighted by atomic mass is 79.9. The number of nitrogens with two attached hydrogens (primary N) is 1. The number of hydrogen-bond acceptors (Lipinski definition) is 5. The van der Waals surface area contributed by atoms with E-state index in [0.29, 0.717) is 18.1 Å². The Hall–Kier alpha value is -1.11. The van der Waals surface area contributed by atoms with Crippen molar-refractivity contribution < 1.29 is 9.47 Å². The van der Waals surface area contributed by atoms with Gasteiger partial charge in [-0.1, -0.05) is 6.92 Å². The summed E-state index contributed by atoms with van der Waals surface area (Å²) in [7, 11) is 1.64. The number of methoxy groups -OCH3 is 1. The molecule has 0 aliphatic heterocycles. The molecule has 21 heavy (non-hydrogen) atoms. The van der Waals surface area contributed by atoms with Gasteiger partial charge in [-0.05, 0) is 46.5 Å². The normalized spacial score (nSPS) is 12.2. The topological polar surface area (TPSA) is 57.4 Å². The molecule has 0 saturated heterocycles. The van der Waals surface area contributed by atoms with Crippen molar-refractivity contribution in [3.8, 4) is 11.5 Å². The minimum atomic E-state index is 0.156. The Balaban J connectivity index is 2.16. The molecule has 0 aliphatic carbocycles. The van der Waals surface area contributed by atoms with Crippen molar-refractivity contribution in [1.82, 2.24) is 4.98 Å². The second kappa shape index (κ2) is 7.77. The predicted molar refractivity (Wildman–Crippen MR) is 89.1 cm³/mol. The van der Waals surface area contributed by atoms with Gasteiger partial charge in [0.2, 0.25) is 0 Å². The molecule has 0 amide bonds. The molecule has 2 rings (SSSR count). The van der Waals surface area contributed by atoms with Gasteiger partial charge in [-0.15, -0.1) is 11.3 Å². The van der Waals surface area contributed by atoms with Crippen LogP contribution in [0.2, 0.25) is 0 Å². The zero-order valence-electron chi connectivity index (χ0n) is 12.1. The van der Waals surface area contributed by atoms with E-state index >= 15 is 0 Å². The van der Waals surface area contributed by atoms with Crippen LogP contribution in [0.15, 0.2) is 28.2 Å². The molecule has 0 fully saturated rings. The zero-order valence-corrected chi connectivity index (χ0v) is 14.5. The molecular formula is C15H19BrN2O2S. The van der Waals surface area contributed by atoms with Gasteiger partial charge in [0.25, 0.3) is 0 Å². The van der Waals surface area contributed by atoms with Crippen LogP contribution in [0.1, 0.15) is 23.9 Å². The second-order valence-electron chi connectivity index (χ2n) is 4.70. The van der Waals surface area contributed by atoms with Crippen LogP contribution in [0.3, 0.4) is 0 Å². The van der Waals surface area contributed by atoms with E-state index in [1.165, 1.54) is 0 Å². The quantitative estimate of drug-likeness (QED) is 0.805. The molecular weight excluding hydrogens is 352 g/mol. The van der Waals surface area contributed by atoms with Gasteiger partial charge in [0.1, 0.15) is 11.6 Å². The Morgan fingerprint density at radius 2 is 2.24 bits per heavy atom. The summed E-state index contributed by atoms with van der Waals surface area (Å²) < 4.78 is 12.1. The summed E-state index contributed by atoms with van der Waals surface area (Å²) in [6.45, 7) is 2.52. The lowest BCUT2D eigenvalue weighted by Crippen LogP contribution is -2.21. The maximum atomic E-state index is 6.01. The fourth-order valence-corrected chi connectivity index (χ4v) is 3.07. The van der Waals surface area contributed by atoms with Gasteiger partial charge in [-0.2, -0.15) is 0 Å². The highest BCUT2D eigenvalue weighted by molar-refractivity contribution is 9.10. The Labute approximate surface area is 137 Å². The van der Waals surface area contributed by atoms with Crippen molar-refractivity contribution in [2.45, 2.75) is 32.4 Å². The van der Waals surface area contributed by atoms with Crippen molar-refractivity contribution in [2.24, 2.45) is 5.73 Å². The minimum absolute atomic E-state index is 0.156. The fourth-order valence-electron chi connectivity index (χ4n) is 1.94. The Morgan fingerprint density at radius 1 is 1.43 bits per heavy atom. The van der Waals surface area contributed by atoms with E-state index in [0.717, 1.165) is 27.9 Å². The van der Waals surface area contributed by atoms with Gasteiger partial charge in [0.05, 0.1) is 11.6 Å². The van der Waals surface area contributed by atoms with E-state index < -0.39 is 0 Å². The van der Waals surface area contributed by atoms with E-state index in [9.17, 15) is 0 Å². The lowest BCUT2D eigenvalue weighted by atomic mass is 10.0. The van der Waals surface area contributed by atoms with Gasteiger partial charge >= 0.3 is 0 Å². The number of benzene rings is 1. The Morgan fingerprint density at radius 3 is 2.86 bits per heavy atom. The molecule has 4 nitrogen and oxygen atoms in total. The van der Waals surface area contributed by atoms with Crippen LogP contribution in [0, 0.1) is 0 Å². The Kier molecular flexibility index (Phi) is 6.02. The van der Waals surface area contributed by atoms with E-state index in [2.05, 4.69) is 27.8 Å². The molecule has 114 valence electrons. The number of nitrogens with zero attached hydrogens (tertiary/aromatic N) is 1. The fraction of sp³-hybridized carbons (Fsp3) is 0.400. The van der Waals surface area contributed by atoms with Gasteiger partial charge < -0.3 is 15.2 Å². The van der Waals surface area contributed by atoms with Crippen molar-refractivity contribution in [1.29, 1.82) is 0 Å². The maximum absolute atomic E-state index is 6.01. The molecule has 1 unspecified atom stereocenters. The third-order valence-corrected chi connectivity index (χ3v) is 4.48. The first-order chi connectivity index (χ1) is 10.1. The van der Waals surface area contributed by atoms with Crippen molar-refractivity contribution >= 4 is 27.3 Å². The number of halogens is 1. The summed E-state index contributed by atoms with van der Waals surface area (Å²) in [5, 5.41) is 2.86. The van der Waals surface area contributed by atoms with Crippen molar-refractivity contribution in [3.63, 3.8) is 0 Å². The first-order valence-corrected chi connectivity index (χ1v) is 8.44. The molecule has 0 bridgehead atoms. The van der Waals surface area contributed by atoms with E-state index in [1.54, 1.807) is 24.6 Å². The van der Waals surface area contributed by atoms with E-state index in [4.69, 9.17) is 15.2 Å². The highest BCUT2D eigenvalue weighted by Gasteiger charge is 2.13. The van der Waals surface area contributed by atoms with Crippen LogP contribution in [-0.4, -0.2) is 18.1 Å². The largest absolute Gasteiger partial charge is 0.493 e. The van der Waals surface area contributed by atoms with Crippen molar-refractivity contribution in [3.05, 3.63) is 38.8 Å². The van der Waals surface area contributed by atoms with Crippen LogP contribution in [0.25, 0.3) is 0 Å². The Bertz CT molecular complexity index is 575. The number of thiazole rings is 1. The van der Waals surface area contributed by atoms with Crippen LogP contribution in [-0.2, 0) is 13.0 Å². The first-order valence-electron chi connectivity index (χ1n) is 6.77. The standard InChI is InChI=1S/C15H19BrN2O2S/c1-3-11(17)6-10-7-12(16)15(13(8-10)19-2)20-9-14-18-4-5-21-14/h4-5,7-8,11H,3,6,9,17H2,1-2H3. The first kappa shape index (κ1) is 16.3. The summed E-state index contributed by atoms with van der Waals surface area (Å²) in [4.78, 5) is 4.21. The molecule has 2 N–H and O–H groups in total. The molecule has 1 heterocycles. The summed E-state index contributed by atoms with van der Waals surface area (Å²) in [6, 6.07) is 4.18. The number of ether oxygens (including phenoxy) is 2. The van der Waals surface area contributed by atoms with Gasteiger partial charge in [0.15, 0.2) is 11.5 Å². The smallest absolute Gasteiger partial charge is 0.175 e. The van der Waals surface area contributed by atoms with Crippen LogP contribution in [0.4, 0.5) is 0 Å². The lowest BCUT2D eigenvalue weighted by molar-refractivity contribution is 0.282. The number of hydrogen-bond donors (Lipinski definition) is 1. The van der Waals surface area contributed by atoms with E-state index in [-0.39, 0.29) is 6.04 Å². The molecule has 2 aromatic rings. The maximum Gasteiger partial charge on any atom is 0.175 e. The molecule has 6 heteroatoms. The average molecular weight is 371 g/mol. The number of aromatic nitrogens is 1.